The normalized spacial score (nSPS) is 13.4. The number of nitrogens with zero attached hydrogens (tertiary/aromatic N) is 2. The summed E-state index contributed by atoms with van der Waals surface area (Å²) in [6.45, 7) is -0.337. The van der Waals surface area contributed by atoms with Crippen molar-refractivity contribution in [2.45, 2.75) is 31.6 Å². The molecule has 38 heavy (non-hydrogen) atoms. The van der Waals surface area contributed by atoms with Crippen LogP contribution in [0.1, 0.15) is 21.7 Å². The van der Waals surface area contributed by atoms with Crippen molar-refractivity contribution in [2.24, 2.45) is 0 Å². The van der Waals surface area contributed by atoms with Crippen LogP contribution in [0.5, 0.6) is 5.75 Å². The number of fused-ring (bicyclic) bond motifs is 3. The van der Waals surface area contributed by atoms with Gasteiger partial charge >= 0.3 is 12.3 Å². The van der Waals surface area contributed by atoms with E-state index in [1.165, 1.54) is 23.5 Å². The number of hydrogen-bond acceptors (Lipinski definition) is 5. The minimum atomic E-state index is -4.42. The van der Waals surface area contributed by atoms with Crippen molar-refractivity contribution in [1.29, 1.82) is 0 Å². The molecule has 0 radical (unpaired) electrons. The van der Waals surface area contributed by atoms with Crippen molar-refractivity contribution in [3.8, 4) is 16.9 Å². The number of hydrogen-bond donors (Lipinski definition) is 0. The monoisotopic (exact) mass is 580 g/mol. The zero-order valence-electron chi connectivity index (χ0n) is 19.9. The lowest BCUT2D eigenvalue weighted by Gasteiger charge is -2.26. The first-order valence-electron chi connectivity index (χ1n) is 11.7. The highest BCUT2D eigenvalue weighted by Gasteiger charge is 2.30. The van der Waals surface area contributed by atoms with Crippen molar-refractivity contribution in [2.75, 3.05) is 13.2 Å². The molecule has 0 N–H and O–H groups in total. The van der Waals surface area contributed by atoms with Crippen LogP contribution in [0.2, 0.25) is 5.02 Å². The molecular weight excluding hydrogens is 560 g/mol. The Kier molecular flexibility index (Phi) is 7.70. The fourth-order valence-electron chi connectivity index (χ4n) is 4.36. The summed E-state index contributed by atoms with van der Waals surface area (Å²) < 4.78 is 47.9. The molecular formula is C27H21Cl2F3N2O3S. The number of amides is 1. The standard InChI is InChI=1S/C27H21Cl2F3N2O3S/c28-12-20-24(29)22(17-6-8-18(9-7-17)37-15-27(30,31)32)23-19-10-11-34(13-21(19)38-25(23)33-20)26(35)36-14-16-4-2-1-3-5-16/h1-9H,10-15H2. The van der Waals surface area contributed by atoms with Gasteiger partial charge in [0.05, 0.1) is 23.1 Å². The average Bonchev–Trinajstić information content (AvgIpc) is 3.28. The number of halogens is 5. The Bertz CT molecular complexity index is 1460. The van der Waals surface area contributed by atoms with Crippen LogP contribution in [0.25, 0.3) is 21.3 Å². The lowest BCUT2D eigenvalue weighted by Crippen LogP contribution is -2.35. The molecule has 1 aliphatic heterocycles. The molecule has 0 bridgehead atoms. The maximum Gasteiger partial charge on any atom is 0.422 e. The van der Waals surface area contributed by atoms with Gasteiger partial charge in [-0.3, -0.25) is 0 Å². The first-order valence-corrected chi connectivity index (χ1v) is 13.4. The van der Waals surface area contributed by atoms with Crippen molar-refractivity contribution < 1.29 is 27.4 Å². The van der Waals surface area contributed by atoms with E-state index in [2.05, 4.69) is 4.98 Å². The predicted molar refractivity (Wildman–Crippen MR) is 142 cm³/mol. The van der Waals surface area contributed by atoms with Gasteiger partial charge in [-0.15, -0.1) is 22.9 Å². The molecule has 0 unspecified atom stereocenters. The Labute approximate surface area is 230 Å². The number of aromatic nitrogens is 1. The van der Waals surface area contributed by atoms with Gasteiger partial charge < -0.3 is 14.4 Å². The summed E-state index contributed by atoms with van der Waals surface area (Å²) in [6, 6.07) is 15.8. The van der Waals surface area contributed by atoms with Gasteiger partial charge in [-0.25, -0.2) is 9.78 Å². The van der Waals surface area contributed by atoms with Gasteiger partial charge in [-0.05, 0) is 35.2 Å². The largest absolute Gasteiger partial charge is 0.484 e. The molecule has 0 aliphatic carbocycles. The van der Waals surface area contributed by atoms with Crippen molar-refractivity contribution in [1.82, 2.24) is 9.88 Å². The first-order chi connectivity index (χ1) is 18.2. The molecule has 0 saturated heterocycles. The van der Waals surface area contributed by atoms with Crippen LogP contribution >= 0.6 is 34.5 Å². The van der Waals surface area contributed by atoms with E-state index in [1.54, 1.807) is 17.0 Å². The fraction of sp³-hybridized carbons (Fsp3) is 0.259. The lowest BCUT2D eigenvalue weighted by atomic mass is 9.96. The van der Waals surface area contributed by atoms with Gasteiger partial charge in [0, 0.05) is 22.4 Å². The van der Waals surface area contributed by atoms with E-state index in [1.807, 2.05) is 30.3 Å². The summed E-state index contributed by atoms with van der Waals surface area (Å²) in [5, 5.41) is 1.26. The van der Waals surface area contributed by atoms with Crippen molar-refractivity contribution in [3.05, 3.63) is 81.3 Å². The Balaban J connectivity index is 1.43. The van der Waals surface area contributed by atoms with Gasteiger partial charge in [0.2, 0.25) is 0 Å². The summed E-state index contributed by atoms with van der Waals surface area (Å²) in [4.78, 5) is 20.8. The Morgan fingerprint density at radius 2 is 1.84 bits per heavy atom. The van der Waals surface area contributed by atoms with Crippen molar-refractivity contribution >= 4 is 50.8 Å². The number of carbonyl (C=O) groups is 1. The van der Waals surface area contributed by atoms with Gasteiger partial charge in [-0.2, -0.15) is 13.2 Å². The predicted octanol–water partition coefficient (Wildman–Crippen LogP) is 7.99. The number of ether oxygens (including phenoxy) is 2. The molecule has 0 spiro atoms. The van der Waals surface area contributed by atoms with Gasteiger partial charge in [0.15, 0.2) is 6.61 Å². The summed E-state index contributed by atoms with van der Waals surface area (Å²) in [5.41, 5.74) is 3.88. The zero-order valence-corrected chi connectivity index (χ0v) is 22.2. The molecule has 3 heterocycles. The van der Waals surface area contributed by atoms with Crippen LogP contribution < -0.4 is 4.74 Å². The molecule has 0 saturated carbocycles. The highest BCUT2D eigenvalue weighted by molar-refractivity contribution is 7.19. The van der Waals surface area contributed by atoms with E-state index in [-0.39, 0.29) is 24.3 Å². The fourth-order valence-corrected chi connectivity index (χ4v) is 6.20. The maximum atomic E-state index is 12.8. The molecule has 5 nitrogen and oxygen atoms in total. The van der Waals surface area contributed by atoms with Gasteiger partial charge in [-0.1, -0.05) is 54.1 Å². The topological polar surface area (TPSA) is 51.7 Å². The quantitative estimate of drug-likeness (QED) is 0.217. The van der Waals surface area contributed by atoms with E-state index in [9.17, 15) is 18.0 Å². The number of alkyl halides is 4. The molecule has 0 atom stereocenters. The van der Waals surface area contributed by atoms with E-state index < -0.39 is 12.8 Å². The molecule has 1 aliphatic rings. The van der Waals surface area contributed by atoms with Gasteiger partial charge in [0.1, 0.15) is 17.2 Å². The smallest absolute Gasteiger partial charge is 0.422 e. The number of pyridine rings is 1. The molecule has 198 valence electrons. The number of thiophene rings is 1. The van der Waals surface area contributed by atoms with Crippen LogP contribution in [0.15, 0.2) is 54.6 Å². The molecule has 1 amide bonds. The Morgan fingerprint density at radius 1 is 1.11 bits per heavy atom. The molecule has 11 heteroatoms. The molecule has 4 aromatic rings. The second kappa shape index (κ2) is 11.0. The summed E-state index contributed by atoms with van der Waals surface area (Å²) in [5.74, 6) is 0.191. The highest BCUT2D eigenvalue weighted by Crippen LogP contribution is 2.44. The Morgan fingerprint density at radius 3 is 2.53 bits per heavy atom. The second-order valence-electron chi connectivity index (χ2n) is 8.71. The molecule has 5 rings (SSSR count). The minimum Gasteiger partial charge on any atom is -0.484 e. The third kappa shape index (κ3) is 5.70. The third-order valence-corrected chi connectivity index (χ3v) is 7.90. The maximum absolute atomic E-state index is 12.8. The van der Waals surface area contributed by atoms with Crippen LogP contribution in [0.4, 0.5) is 18.0 Å². The second-order valence-corrected chi connectivity index (χ2v) is 10.4. The molecule has 2 aromatic carbocycles. The third-order valence-electron chi connectivity index (χ3n) is 6.13. The van der Waals surface area contributed by atoms with Crippen LogP contribution in [0.3, 0.4) is 0 Å². The van der Waals surface area contributed by atoms with Gasteiger partial charge in [0.25, 0.3) is 0 Å². The lowest BCUT2D eigenvalue weighted by molar-refractivity contribution is -0.153. The van der Waals surface area contributed by atoms with E-state index in [0.717, 1.165) is 26.2 Å². The van der Waals surface area contributed by atoms with E-state index in [0.29, 0.717) is 41.4 Å². The molecule has 2 aromatic heterocycles. The zero-order chi connectivity index (χ0) is 26.9. The Hall–Kier alpha value is -3.01. The average molecular weight is 581 g/mol. The van der Waals surface area contributed by atoms with Crippen LogP contribution in [0, 0.1) is 0 Å². The van der Waals surface area contributed by atoms with E-state index in [4.69, 9.17) is 32.7 Å². The number of benzene rings is 2. The number of rotatable bonds is 6. The van der Waals surface area contributed by atoms with E-state index >= 15 is 0 Å². The van der Waals surface area contributed by atoms with Crippen molar-refractivity contribution in [3.63, 3.8) is 0 Å². The summed E-state index contributed by atoms with van der Waals surface area (Å²) >= 11 is 14.4. The summed E-state index contributed by atoms with van der Waals surface area (Å²) in [7, 11) is 0. The number of carbonyl (C=O) groups excluding carboxylic acids is 1. The highest BCUT2D eigenvalue weighted by atomic mass is 35.5. The van der Waals surface area contributed by atoms with Crippen LogP contribution in [-0.2, 0) is 30.2 Å². The minimum absolute atomic E-state index is 0.0923. The SMILES string of the molecule is O=C(OCc1ccccc1)N1CCc2c(sc3nc(CCl)c(Cl)c(-c4ccc(OCC(F)(F)F)cc4)c23)C1. The summed E-state index contributed by atoms with van der Waals surface area (Å²) in [6.07, 6.45) is -4.24. The van der Waals surface area contributed by atoms with Crippen LogP contribution in [-0.4, -0.2) is 35.3 Å². The molecule has 0 fully saturated rings. The first kappa shape index (κ1) is 26.6.